The summed E-state index contributed by atoms with van der Waals surface area (Å²) in [5.41, 5.74) is 1.72. The zero-order valence-electron chi connectivity index (χ0n) is 13.7. The van der Waals surface area contributed by atoms with Crippen LogP contribution in [0.25, 0.3) is 0 Å². The molecule has 0 fully saturated rings. The number of urea groups is 1. The van der Waals surface area contributed by atoms with Gasteiger partial charge in [-0.1, -0.05) is 0 Å². The van der Waals surface area contributed by atoms with E-state index < -0.39 is 0 Å². The molecule has 1 atom stereocenters. The van der Waals surface area contributed by atoms with E-state index in [0.29, 0.717) is 18.7 Å². The van der Waals surface area contributed by atoms with Gasteiger partial charge in [0.1, 0.15) is 23.9 Å². The van der Waals surface area contributed by atoms with E-state index in [9.17, 15) is 4.79 Å². The van der Waals surface area contributed by atoms with Crippen molar-refractivity contribution in [3.05, 3.63) is 48.0 Å². The molecule has 2 N–H and O–H groups in total. The highest BCUT2D eigenvalue weighted by atomic mass is 16.5. The van der Waals surface area contributed by atoms with Crippen molar-refractivity contribution in [1.29, 1.82) is 0 Å². The molecule has 126 valence electrons. The number of carbonyl (C=O) groups excluding carboxylic acids is 1. The minimum Gasteiger partial charge on any atom is -0.497 e. The van der Waals surface area contributed by atoms with Gasteiger partial charge in [-0.3, -0.25) is 0 Å². The third-order valence-corrected chi connectivity index (χ3v) is 3.86. The summed E-state index contributed by atoms with van der Waals surface area (Å²) in [5, 5.41) is 5.73. The highest BCUT2D eigenvalue weighted by molar-refractivity contribution is 5.89. The van der Waals surface area contributed by atoms with Crippen molar-refractivity contribution < 1.29 is 19.0 Å². The normalized spacial score (nSPS) is 15.7. The van der Waals surface area contributed by atoms with E-state index >= 15 is 0 Å². The maximum Gasteiger partial charge on any atom is 0.319 e. The largest absolute Gasteiger partial charge is 0.497 e. The Kier molecular flexibility index (Phi) is 4.74. The zero-order valence-corrected chi connectivity index (χ0v) is 13.7. The van der Waals surface area contributed by atoms with Crippen LogP contribution in [0, 0.1) is 0 Å². The van der Waals surface area contributed by atoms with Gasteiger partial charge in [0.15, 0.2) is 0 Å². The van der Waals surface area contributed by atoms with Crippen LogP contribution in [-0.2, 0) is 6.42 Å². The smallest absolute Gasteiger partial charge is 0.319 e. The maximum absolute atomic E-state index is 12.1. The fraction of sp³-hybridized carbons (Fsp3) is 0.278. The molecular weight excluding hydrogens is 308 g/mol. The standard InChI is InChI=1S/C18H20N2O4/c1-22-15-5-3-13(4-6-15)19-18(21)20-14-9-12-10-16(23-2)7-8-17(12)24-11-14/h3-8,10,14H,9,11H2,1-2H3,(H2,19,20,21)/t14-/m0/s1. The van der Waals surface area contributed by atoms with Crippen molar-refractivity contribution >= 4 is 11.7 Å². The molecule has 2 aromatic carbocycles. The topological polar surface area (TPSA) is 68.8 Å². The highest BCUT2D eigenvalue weighted by Crippen LogP contribution is 2.28. The average Bonchev–Trinajstić information content (AvgIpc) is 2.61. The van der Waals surface area contributed by atoms with E-state index in [0.717, 1.165) is 22.8 Å². The zero-order chi connectivity index (χ0) is 16.9. The molecule has 1 heterocycles. The molecule has 0 spiro atoms. The van der Waals surface area contributed by atoms with E-state index in [4.69, 9.17) is 14.2 Å². The lowest BCUT2D eigenvalue weighted by atomic mass is 10.0. The SMILES string of the molecule is COc1ccc(NC(=O)N[C@@H]2COc3ccc(OC)cc3C2)cc1. The summed E-state index contributed by atoms with van der Waals surface area (Å²) in [6.07, 6.45) is 0.697. The third-order valence-electron chi connectivity index (χ3n) is 3.86. The minimum absolute atomic E-state index is 0.0946. The second-order valence-corrected chi connectivity index (χ2v) is 5.51. The molecule has 2 aromatic rings. The fourth-order valence-corrected chi connectivity index (χ4v) is 2.62. The van der Waals surface area contributed by atoms with Crippen molar-refractivity contribution in [2.24, 2.45) is 0 Å². The average molecular weight is 328 g/mol. The molecule has 3 rings (SSSR count). The summed E-state index contributed by atoms with van der Waals surface area (Å²) in [6, 6.07) is 12.5. The molecule has 2 amide bonds. The van der Waals surface area contributed by atoms with Crippen LogP contribution in [0.2, 0.25) is 0 Å². The van der Waals surface area contributed by atoms with Crippen LogP contribution in [0.3, 0.4) is 0 Å². The van der Waals surface area contributed by atoms with Crippen molar-refractivity contribution in [2.75, 3.05) is 26.1 Å². The number of fused-ring (bicyclic) bond motifs is 1. The number of benzene rings is 2. The van der Waals surface area contributed by atoms with E-state index in [1.807, 2.05) is 18.2 Å². The summed E-state index contributed by atoms with van der Waals surface area (Å²) < 4.78 is 16.0. The molecule has 0 aliphatic carbocycles. The Labute approximate surface area is 140 Å². The first-order valence-corrected chi connectivity index (χ1v) is 7.69. The van der Waals surface area contributed by atoms with Crippen LogP contribution in [0.4, 0.5) is 10.5 Å². The minimum atomic E-state index is -0.264. The van der Waals surface area contributed by atoms with E-state index in [2.05, 4.69) is 10.6 Å². The Balaban J connectivity index is 1.58. The lowest BCUT2D eigenvalue weighted by Gasteiger charge is -2.26. The predicted octanol–water partition coefficient (Wildman–Crippen LogP) is 2.83. The number of nitrogens with one attached hydrogen (secondary N) is 2. The van der Waals surface area contributed by atoms with Gasteiger partial charge >= 0.3 is 6.03 Å². The van der Waals surface area contributed by atoms with Gasteiger partial charge in [0.05, 0.1) is 20.3 Å². The molecule has 1 aliphatic rings. The van der Waals surface area contributed by atoms with Gasteiger partial charge in [0, 0.05) is 5.69 Å². The number of carbonyl (C=O) groups is 1. The molecule has 0 saturated carbocycles. The van der Waals surface area contributed by atoms with Crippen molar-refractivity contribution in [3.63, 3.8) is 0 Å². The summed E-state index contributed by atoms with van der Waals surface area (Å²) in [4.78, 5) is 12.1. The van der Waals surface area contributed by atoms with Gasteiger partial charge < -0.3 is 24.8 Å². The quantitative estimate of drug-likeness (QED) is 0.905. The van der Waals surface area contributed by atoms with E-state index in [1.54, 1.807) is 38.5 Å². The third kappa shape index (κ3) is 3.71. The van der Waals surface area contributed by atoms with Gasteiger partial charge in [-0.15, -0.1) is 0 Å². The fourth-order valence-electron chi connectivity index (χ4n) is 2.62. The first kappa shape index (κ1) is 16.0. The van der Waals surface area contributed by atoms with Crippen LogP contribution in [0.5, 0.6) is 17.2 Å². The van der Waals surface area contributed by atoms with Crippen molar-refractivity contribution in [3.8, 4) is 17.2 Å². The van der Waals surface area contributed by atoms with E-state index in [1.165, 1.54) is 0 Å². The molecular formula is C18H20N2O4. The first-order valence-electron chi connectivity index (χ1n) is 7.69. The molecule has 0 bridgehead atoms. The number of hydrogen-bond acceptors (Lipinski definition) is 4. The first-order chi connectivity index (χ1) is 11.7. The predicted molar refractivity (Wildman–Crippen MR) is 91.1 cm³/mol. The molecule has 6 nitrogen and oxygen atoms in total. The van der Waals surface area contributed by atoms with Gasteiger partial charge in [0.25, 0.3) is 0 Å². The Morgan fingerprint density at radius 3 is 2.50 bits per heavy atom. The van der Waals surface area contributed by atoms with Crippen LogP contribution in [0.15, 0.2) is 42.5 Å². The van der Waals surface area contributed by atoms with E-state index in [-0.39, 0.29) is 12.1 Å². The molecule has 0 aromatic heterocycles. The summed E-state index contributed by atoms with van der Waals surface area (Å²) in [5.74, 6) is 2.36. The monoisotopic (exact) mass is 328 g/mol. The lowest BCUT2D eigenvalue weighted by molar-refractivity contribution is 0.222. The summed E-state index contributed by atoms with van der Waals surface area (Å²) in [7, 11) is 3.23. The maximum atomic E-state index is 12.1. The van der Waals surface area contributed by atoms with Crippen LogP contribution >= 0.6 is 0 Å². The van der Waals surface area contributed by atoms with Gasteiger partial charge in [0.2, 0.25) is 0 Å². The molecule has 0 saturated heterocycles. The lowest BCUT2D eigenvalue weighted by Crippen LogP contribution is -2.44. The second kappa shape index (κ2) is 7.12. The van der Waals surface area contributed by atoms with Gasteiger partial charge in [-0.2, -0.15) is 0 Å². The van der Waals surface area contributed by atoms with Crippen molar-refractivity contribution in [2.45, 2.75) is 12.5 Å². The van der Waals surface area contributed by atoms with Crippen LogP contribution in [0.1, 0.15) is 5.56 Å². The molecule has 24 heavy (non-hydrogen) atoms. The van der Waals surface area contributed by atoms with Crippen LogP contribution in [-0.4, -0.2) is 32.9 Å². The Hall–Kier alpha value is -2.89. The molecule has 6 heteroatoms. The number of rotatable bonds is 4. The number of ether oxygens (including phenoxy) is 3. The molecule has 1 aliphatic heterocycles. The Morgan fingerprint density at radius 2 is 1.79 bits per heavy atom. The van der Waals surface area contributed by atoms with Crippen LogP contribution < -0.4 is 24.8 Å². The number of anilines is 1. The second-order valence-electron chi connectivity index (χ2n) is 5.51. The highest BCUT2D eigenvalue weighted by Gasteiger charge is 2.22. The summed E-state index contributed by atoms with van der Waals surface area (Å²) in [6.45, 7) is 0.440. The summed E-state index contributed by atoms with van der Waals surface area (Å²) >= 11 is 0. The Bertz CT molecular complexity index is 715. The number of hydrogen-bond donors (Lipinski definition) is 2. The Morgan fingerprint density at radius 1 is 1.08 bits per heavy atom. The van der Waals surface area contributed by atoms with Gasteiger partial charge in [-0.25, -0.2) is 4.79 Å². The molecule has 0 unspecified atom stereocenters. The number of amides is 2. The van der Waals surface area contributed by atoms with Crippen molar-refractivity contribution in [1.82, 2.24) is 5.32 Å². The number of methoxy groups -OCH3 is 2. The molecule has 0 radical (unpaired) electrons. The van der Waals surface area contributed by atoms with Gasteiger partial charge in [-0.05, 0) is 54.4 Å².